The molecule has 0 aliphatic carbocycles. The normalized spacial score (nSPS) is 18.1. The van der Waals surface area contributed by atoms with E-state index in [-0.39, 0.29) is 29.1 Å². The number of aromatic nitrogens is 2. The third-order valence-electron chi connectivity index (χ3n) is 5.24. The van der Waals surface area contributed by atoms with Gasteiger partial charge >= 0.3 is 12.4 Å². The number of halogens is 9. The summed E-state index contributed by atoms with van der Waals surface area (Å²) in [5.74, 6) is -2.20. The number of amides is 1. The molecule has 1 aliphatic heterocycles. The van der Waals surface area contributed by atoms with Crippen molar-refractivity contribution in [3.05, 3.63) is 79.2 Å². The van der Waals surface area contributed by atoms with Crippen molar-refractivity contribution < 1.29 is 35.5 Å². The predicted octanol–water partition coefficient (Wildman–Crippen LogP) is 7.23. The average molecular weight is 603 g/mol. The van der Waals surface area contributed by atoms with Gasteiger partial charge < -0.3 is 5.32 Å². The summed E-state index contributed by atoms with van der Waals surface area (Å²) in [5, 5.41) is 0.998. The standard InChI is InChI=1S/C21H11Cl2F7N4OS2/c22-12-3-9(4-13(23)16(12)24)19(21(28,29)30)6-14(34-37-19)15-5-11(20(25,26)27)17(36-15)18(35)32-7-10-1-2-31-8-33-10/h1-5,8H,6-7H2,(H,32,35). The largest absolute Gasteiger partial charge is 0.418 e. The number of hydrogen-bond acceptors (Lipinski definition) is 6. The summed E-state index contributed by atoms with van der Waals surface area (Å²) in [6.07, 6.45) is -8.28. The van der Waals surface area contributed by atoms with Crippen LogP contribution >= 0.6 is 46.5 Å². The summed E-state index contributed by atoms with van der Waals surface area (Å²) >= 11 is 11.8. The summed E-state index contributed by atoms with van der Waals surface area (Å²) in [7, 11) is 0. The van der Waals surface area contributed by atoms with Crippen molar-refractivity contribution in [2.45, 2.75) is 30.1 Å². The van der Waals surface area contributed by atoms with E-state index in [2.05, 4.69) is 19.7 Å². The van der Waals surface area contributed by atoms with Gasteiger partial charge in [0.05, 0.1) is 38.4 Å². The minimum absolute atomic E-state index is 0.0485. The Morgan fingerprint density at radius 1 is 1.11 bits per heavy atom. The van der Waals surface area contributed by atoms with E-state index in [9.17, 15) is 35.5 Å². The Morgan fingerprint density at radius 3 is 2.35 bits per heavy atom. The number of carbonyl (C=O) groups excluding carboxylic acids is 1. The van der Waals surface area contributed by atoms with Gasteiger partial charge in [0.1, 0.15) is 11.2 Å². The third kappa shape index (κ3) is 5.42. The van der Waals surface area contributed by atoms with E-state index in [1.165, 1.54) is 18.6 Å². The highest BCUT2D eigenvalue weighted by molar-refractivity contribution is 7.99. The van der Waals surface area contributed by atoms with Crippen LogP contribution in [0.15, 0.2) is 41.2 Å². The second-order valence-electron chi connectivity index (χ2n) is 7.62. The van der Waals surface area contributed by atoms with Crippen molar-refractivity contribution in [2.24, 2.45) is 4.40 Å². The molecule has 2 aromatic heterocycles. The van der Waals surface area contributed by atoms with E-state index >= 15 is 0 Å². The lowest BCUT2D eigenvalue weighted by Crippen LogP contribution is -2.38. The minimum Gasteiger partial charge on any atom is -0.346 e. The lowest BCUT2D eigenvalue weighted by Gasteiger charge is -2.30. The van der Waals surface area contributed by atoms with E-state index in [0.29, 0.717) is 23.1 Å². The first-order valence-electron chi connectivity index (χ1n) is 9.94. The summed E-state index contributed by atoms with van der Waals surface area (Å²) in [5.41, 5.74) is -1.84. The Balaban J connectivity index is 1.68. The van der Waals surface area contributed by atoms with Crippen LogP contribution in [-0.4, -0.2) is 27.8 Å². The van der Waals surface area contributed by atoms with Gasteiger partial charge in [-0.15, -0.1) is 11.3 Å². The van der Waals surface area contributed by atoms with E-state index in [4.69, 9.17) is 23.2 Å². The molecule has 1 aromatic carbocycles. The van der Waals surface area contributed by atoms with Crippen molar-refractivity contribution in [3.8, 4) is 0 Å². The molecule has 0 fully saturated rings. The number of thiophene rings is 1. The topological polar surface area (TPSA) is 67.2 Å². The maximum atomic E-state index is 14.3. The van der Waals surface area contributed by atoms with Crippen LogP contribution in [0.3, 0.4) is 0 Å². The Labute approximate surface area is 222 Å². The number of nitrogens with zero attached hydrogens (tertiary/aromatic N) is 3. The van der Waals surface area contributed by atoms with Crippen LogP contribution in [0.1, 0.15) is 37.8 Å². The predicted molar refractivity (Wildman–Crippen MR) is 125 cm³/mol. The molecule has 1 atom stereocenters. The van der Waals surface area contributed by atoms with Crippen molar-refractivity contribution in [3.63, 3.8) is 0 Å². The van der Waals surface area contributed by atoms with Gasteiger partial charge in [0.15, 0.2) is 10.6 Å². The first kappa shape index (κ1) is 27.6. The van der Waals surface area contributed by atoms with Crippen LogP contribution in [0.4, 0.5) is 30.7 Å². The molecule has 0 bridgehead atoms. The molecule has 0 saturated heterocycles. The monoisotopic (exact) mass is 602 g/mol. The second-order valence-corrected chi connectivity index (χ2v) is 10.5. The molecule has 1 N–H and O–H groups in total. The summed E-state index contributed by atoms with van der Waals surface area (Å²) in [6, 6.07) is 3.54. The molecule has 5 nitrogen and oxygen atoms in total. The molecule has 4 rings (SSSR count). The fraction of sp³-hybridized carbons (Fsp3) is 0.238. The highest BCUT2D eigenvalue weighted by atomic mass is 35.5. The Kier molecular flexibility index (Phi) is 7.49. The van der Waals surface area contributed by atoms with Crippen LogP contribution in [-0.2, 0) is 17.5 Å². The van der Waals surface area contributed by atoms with Crippen LogP contribution in [0, 0.1) is 5.82 Å². The van der Waals surface area contributed by atoms with Gasteiger partial charge in [-0.1, -0.05) is 23.2 Å². The number of nitrogens with one attached hydrogen (secondary N) is 1. The second kappa shape index (κ2) is 10.0. The van der Waals surface area contributed by atoms with Gasteiger partial charge in [-0.3, -0.25) is 4.79 Å². The molecular weight excluding hydrogens is 592 g/mol. The molecule has 37 heavy (non-hydrogen) atoms. The molecular formula is C21H11Cl2F7N4OS2. The van der Waals surface area contributed by atoms with Crippen molar-refractivity contribution >= 4 is 58.1 Å². The van der Waals surface area contributed by atoms with Crippen molar-refractivity contribution in [2.75, 3.05) is 0 Å². The van der Waals surface area contributed by atoms with Gasteiger partial charge in [0.2, 0.25) is 0 Å². The quantitative estimate of drug-likeness (QED) is 0.190. The van der Waals surface area contributed by atoms with Crippen LogP contribution in [0.5, 0.6) is 0 Å². The highest BCUT2D eigenvalue weighted by Gasteiger charge is 2.60. The molecule has 196 valence electrons. The zero-order chi connectivity index (χ0) is 27.2. The minimum atomic E-state index is -4.98. The molecule has 3 heterocycles. The zero-order valence-corrected chi connectivity index (χ0v) is 21.0. The molecule has 16 heteroatoms. The van der Waals surface area contributed by atoms with E-state index in [0.717, 1.165) is 12.1 Å². The fourth-order valence-corrected chi connectivity index (χ4v) is 5.99. The first-order valence-corrected chi connectivity index (χ1v) is 12.3. The van der Waals surface area contributed by atoms with Gasteiger partial charge in [-0.25, -0.2) is 18.8 Å². The Morgan fingerprint density at radius 2 is 1.78 bits per heavy atom. The number of hydrogen-bond donors (Lipinski definition) is 1. The van der Waals surface area contributed by atoms with Crippen molar-refractivity contribution in [1.82, 2.24) is 15.3 Å². The van der Waals surface area contributed by atoms with Crippen LogP contribution in [0.25, 0.3) is 0 Å². The highest BCUT2D eigenvalue weighted by Crippen LogP contribution is 2.57. The Bertz CT molecular complexity index is 1360. The molecule has 3 aromatic rings. The maximum absolute atomic E-state index is 14.3. The molecule has 1 unspecified atom stereocenters. The van der Waals surface area contributed by atoms with E-state index in [1.807, 2.05) is 0 Å². The number of benzene rings is 1. The molecule has 0 saturated carbocycles. The fourth-order valence-electron chi connectivity index (χ4n) is 3.41. The summed E-state index contributed by atoms with van der Waals surface area (Å²) in [4.78, 5) is 19.1. The lowest BCUT2D eigenvalue weighted by atomic mass is 9.91. The van der Waals surface area contributed by atoms with Crippen LogP contribution < -0.4 is 5.32 Å². The SMILES string of the molecule is O=C(NCc1ccncn1)c1sc(C2=NSC(c3cc(Cl)c(F)c(Cl)c3)(C(F)(F)F)C2)cc1C(F)(F)F. The lowest BCUT2D eigenvalue weighted by molar-refractivity contribution is -0.159. The zero-order valence-electron chi connectivity index (χ0n) is 17.8. The number of carbonyl (C=O) groups is 1. The van der Waals surface area contributed by atoms with E-state index < -0.39 is 61.3 Å². The molecule has 0 spiro atoms. The summed E-state index contributed by atoms with van der Waals surface area (Å²) in [6.45, 7) is -0.202. The van der Waals surface area contributed by atoms with Gasteiger partial charge in [0, 0.05) is 12.6 Å². The number of alkyl halides is 6. The molecule has 0 radical (unpaired) electrons. The molecule has 1 aliphatic rings. The first-order chi connectivity index (χ1) is 17.2. The van der Waals surface area contributed by atoms with Crippen LogP contribution in [0.2, 0.25) is 10.0 Å². The maximum Gasteiger partial charge on any atom is 0.418 e. The summed E-state index contributed by atoms with van der Waals surface area (Å²) < 4.78 is 98.9. The van der Waals surface area contributed by atoms with Crippen molar-refractivity contribution in [1.29, 1.82) is 0 Å². The van der Waals surface area contributed by atoms with Gasteiger partial charge in [-0.05, 0) is 41.8 Å². The van der Waals surface area contributed by atoms with Gasteiger partial charge in [0.25, 0.3) is 5.91 Å². The Hall–Kier alpha value is -2.42. The smallest absolute Gasteiger partial charge is 0.346 e. The van der Waals surface area contributed by atoms with Gasteiger partial charge in [-0.2, -0.15) is 26.3 Å². The number of rotatable bonds is 5. The molecule has 1 amide bonds. The third-order valence-corrected chi connectivity index (χ3v) is 8.21. The average Bonchev–Trinajstić information content (AvgIpc) is 3.47. The van der Waals surface area contributed by atoms with E-state index in [1.54, 1.807) is 0 Å².